The summed E-state index contributed by atoms with van der Waals surface area (Å²) >= 11 is 3.67. The molecule has 1 aromatic heterocycles. The fourth-order valence-electron chi connectivity index (χ4n) is 2.97. The summed E-state index contributed by atoms with van der Waals surface area (Å²) in [5.41, 5.74) is 2.34. The van der Waals surface area contributed by atoms with Gasteiger partial charge in [0.05, 0.1) is 16.5 Å². The van der Waals surface area contributed by atoms with E-state index in [1.54, 1.807) is 18.2 Å². The molecule has 4 nitrogen and oxygen atoms in total. The van der Waals surface area contributed by atoms with Crippen LogP contribution in [0.1, 0.15) is 21.5 Å². The maximum atomic E-state index is 12.1. The lowest BCUT2D eigenvalue weighted by Crippen LogP contribution is -2.03. The molecule has 0 bridgehead atoms. The monoisotopic (exact) mass is 431 g/mol. The molecule has 28 heavy (non-hydrogen) atoms. The molecule has 0 saturated carbocycles. The Morgan fingerprint density at radius 3 is 2.39 bits per heavy atom. The van der Waals surface area contributed by atoms with Crippen LogP contribution in [0.3, 0.4) is 0 Å². The Morgan fingerprint density at radius 2 is 1.68 bits per heavy atom. The van der Waals surface area contributed by atoms with Crippen molar-refractivity contribution in [2.24, 2.45) is 0 Å². The van der Waals surface area contributed by atoms with E-state index < -0.39 is 5.63 Å². The van der Waals surface area contributed by atoms with Gasteiger partial charge in [0.25, 0.3) is 0 Å². The van der Waals surface area contributed by atoms with E-state index in [4.69, 9.17) is 14.4 Å². The number of fused-ring (bicyclic) bond motifs is 1. The minimum absolute atomic E-state index is 0.215. The molecule has 1 heterocycles. The van der Waals surface area contributed by atoms with Crippen LogP contribution in [0.5, 0.6) is 11.5 Å². The molecule has 0 aliphatic rings. The molecule has 5 heteroatoms. The minimum Gasteiger partial charge on any atom is -0.457 e. The van der Waals surface area contributed by atoms with Gasteiger partial charge in [0, 0.05) is 17.5 Å². The van der Waals surface area contributed by atoms with Gasteiger partial charge < -0.3 is 9.15 Å². The highest BCUT2D eigenvalue weighted by molar-refractivity contribution is 9.09. The lowest BCUT2D eigenvalue weighted by atomic mass is 10.0. The SMILES string of the molecule is N#Cc1ccc(C(Br)c2cc(=O)oc3cc(Oc4ccccc4)ccc23)cc1. The standard InChI is InChI=1S/C23H14BrNO3/c24-23(16-8-6-15(14-25)7-9-16)20-13-22(26)28-21-12-18(10-11-19(20)21)27-17-4-2-1-3-5-17/h1-13,23H. The van der Waals surface area contributed by atoms with E-state index in [2.05, 4.69) is 22.0 Å². The first-order valence-electron chi connectivity index (χ1n) is 8.59. The number of nitriles is 1. The summed E-state index contributed by atoms with van der Waals surface area (Å²) in [5.74, 6) is 1.29. The van der Waals surface area contributed by atoms with Crippen LogP contribution >= 0.6 is 15.9 Å². The number of para-hydroxylation sites is 1. The van der Waals surface area contributed by atoms with Crippen LogP contribution in [0.25, 0.3) is 11.0 Å². The zero-order valence-corrected chi connectivity index (χ0v) is 16.2. The largest absolute Gasteiger partial charge is 0.457 e. The number of benzene rings is 3. The topological polar surface area (TPSA) is 63.2 Å². The van der Waals surface area contributed by atoms with Gasteiger partial charge in [0.1, 0.15) is 17.1 Å². The molecule has 4 aromatic rings. The summed E-state index contributed by atoms with van der Waals surface area (Å²) in [6.45, 7) is 0. The van der Waals surface area contributed by atoms with Crippen molar-refractivity contribution in [3.05, 3.63) is 106 Å². The van der Waals surface area contributed by atoms with Gasteiger partial charge in [-0.15, -0.1) is 0 Å². The van der Waals surface area contributed by atoms with Gasteiger partial charge >= 0.3 is 5.63 Å². The molecule has 0 saturated heterocycles. The lowest BCUT2D eigenvalue weighted by molar-refractivity contribution is 0.480. The molecule has 0 aliphatic heterocycles. The fraction of sp³-hybridized carbons (Fsp3) is 0.0435. The van der Waals surface area contributed by atoms with Crippen LogP contribution in [0, 0.1) is 11.3 Å². The highest BCUT2D eigenvalue weighted by Crippen LogP contribution is 2.36. The van der Waals surface area contributed by atoms with Gasteiger partial charge in [-0.2, -0.15) is 5.26 Å². The fourth-order valence-corrected chi connectivity index (χ4v) is 3.66. The summed E-state index contributed by atoms with van der Waals surface area (Å²) in [7, 11) is 0. The van der Waals surface area contributed by atoms with E-state index in [1.165, 1.54) is 6.07 Å². The molecule has 0 fully saturated rings. The highest BCUT2D eigenvalue weighted by Gasteiger charge is 2.16. The normalized spacial score (nSPS) is 11.7. The minimum atomic E-state index is -0.433. The average molecular weight is 432 g/mol. The van der Waals surface area contributed by atoms with E-state index in [0.29, 0.717) is 22.6 Å². The number of alkyl halides is 1. The molecule has 1 unspecified atom stereocenters. The molecule has 3 aromatic carbocycles. The second kappa shape index (κ2) is 7.71. The van der Waals surface area contributed by atoms with Gasteiger partial charge in [-0.1, -0.05) is 46.3 Å². The van der Waals surface area contributed by atoms with Gasteiger partial charge in [0.15, 0.2) is 0 Å². The molecular formula is C23H14BrNO3. The Bertz CT molecular complexity index is 1220. The van der Waals surface area contributed by atoms with Gasteiger partial charge in [0.2, 0.25) is 0 Å². The van der Waals surface area contributed by atoms with Crippen molar-refractivity contribution >= 4 is 26.9 Å². The van der Waals surface area contributed by atoms with Crippen molar-refractivity contribution in [3.8, 4) is 17.6 Å². The predicted octanol–water partition coefficient (Wildman–Crippen LogP) is 5.94. The van der Waals surface area contributed by atoms with Crippen molar-refractivity contribution < 1.29 is 9.15 Å². The molecule has 4 rings (SSSR count). The van der Waals surface area contributed by atoms with Gasteiger partial charge in [-0.25, -0.2) is 4.79 Å². The van der Waals surface area contributed by atoms with Crippen molar-refractivity contribution in [3.63, 3.8) is 0 Å². The second-order valence-corrected chi connectivity index (χ2v) is 7.11. The smallest absolute Gasteiger partial charge is 0.336 e. The molecule has 0 spiro atoms. The summed E-state index contributed by atoms with van der Waals surface area (Å²) in [4.78, 5) is 11.9. The van der Waals surface area contributed by atoms with Crippen LogP contribution in [-0.2, 0) is 0 Å². The Hall–Kier alpha value is -3.36. The third kappa shape index (κ3) is 3.68. The first-order chi connectivity index (χ1) is 13.6. The van der Waals surface area contributed by atoms with E-state index in [1.807, 2.05) is 54.6 Å². The maximum absolute atomic E-state index is 12.1. The van der Waals surface area contributed by atoms with Crippen LogP contribution in [0.2, 0.25) is 0 Å². The quantitative estimate of drug-likeness (QED) is 0.296. The van der Waals surface area contributed by atoms with Crippen molar-refractivity contribution in [2.75, 3.05) is 0 Å². The van der Waals surface area contributed by atoms with Crippen LogP contribution in [0.4, 0.5) is 0 Å². The Balaban J connectivity index is 1.74. The molecule has 0 radical (unpaired) electrons. The molecule has 1 atom stereocenters. The first-order valence-corrected chi connectivity index (χ1v) is 9.50. The van der Waals surface area contributed by atoms with Crippen LogP contribution in [-0.4, -0.2) is 0 Å². The second-order valence-electron chi connectivity index (χ2n) is 6.19. The lowest BCUT2D eigenvalue weighted by Gasteiger charge is -2.14. The van der Waals surface area contributed by atoms with Crippen LogP contribution < -0.4 is 10.4 Å². The van der Waals surface area contributed by atoms with Crippen molar-refractivity contribution in [1.82, 2.24) is 0 Å². The summed E-state index contributed by atoms with van der Waals surface area (Å²) < 4.78 is 11.2. The van der Waals surface area contributed by atoms with Gasteiger partial charge in [-0.3, -0.25) is 0 Å². The Kier molecular flexibility index (Phi) is 4.96. The first kappa shape index (κ1) is 18.0. The number of ether oxygens (including phenoxy) is 1. The summed E-state index contributed by atoms with van der Waals surface area (Å²) in [5, 5.41) is 9.78. The number of hydrogen-bond acceptors (Lipinski definition) is 4. The third-order valence-corrected chi connectivity index (χ3v) is 5.35. The maximum Gasteiger partial charge on any atom is 0.336 e. The Labute approximate surface area is 169 Å². The van der Waals surface area contributed by atoms with E-state index in [0.717, 1.165) is 16.5 Å². The van der Waals surface area contributed by atoms with Gasteiger partial charge in [-0.05, 0) is 47.5 Å². The highest BCUT2D eigenvalue weighted by atomic mass is 79.9. The van der Waals surface area contributed by atoms with E-state index in [-0.39, 0.29) is 4.83 Å². The Morgan fingerprint density at radius 1 is 0.929 bits per heavy atom. The number of halogens is 1. The number of rotatable bonds is 4. The molecule has 0 N–H and O–H groups in total. The third-order valence-electron chi connectivity index (χ3n) is 4.33. The summed E-state index contributed by atoms with van der Waals surface area (Å²) in [6.07, 6.45) is 0. The van der Waals surface area contributed by atoms with Crippen molar-refractivity contribution in [2.45, 2.75) is 4.83 Å². The van der Waals surface area contributed by atoms with E-state index >= 15 is 0 Å². The molecule has 136 valence electrons. The predicted molar refractivity (Wildman–Crippen MR) is 111 cm³/mol. The molecular weight excluding hydrogens is 418 g/mol. The number of nitrogens with zero attached hydrogens (tertiary/aromatic N) is 1. The van der Waals surface area contributed by atoms with E-state index in [9.17, 15) is 4.79 Å². The summed E-state index contributed by atoms with van der Waals surface area (Å²) in [6, 6.07) is 25.7. The zero-order valence-electron chi connectivity index (χ0n) is 14.6. The zero-order chi connectivity index (χ0) is 19.5. The molecule has 0 amide bonds. The van der Waals surface area contributed by atoms with Crippen LogP contribution in [0.15, 0.2) is 88.1 Å². The molecule has 0 aliphatic carbocycles. The number of hydrogen-bond donors (Lipinski definition) is 0. The van der Waals surface area contributed by atoms with Crippen molar-refractivity contribution in [1.29, 1.82) is 5.26 Å². The average Bonchev–Trinajstić information content (AvgIpc) is 2.73.